The molecule has 170 valence electrons. The minimum absolute atomic E-state index is 0.0383. The van der Waals surface area contributed by atoms with Crippen LogP contribution < -0.4 is 20.1 Å². The lowest BCUT2D eigenvalue weighted by Gasteiger charge is -2.26. The number of rotatable bonds is 11. The maximum Gasteiger partial charge on any atom is 0.191 e. The second-order valence-electron chi connectivity index (χ2n) is 7.41. The number of nitrogens with zero attached hydrogens (tertiary/aromatic N) is 2. The summed E-state index contributed by atoms with van der Waals surface area (Å²) in [5.74, 6) is 2.98. The van der Waals surface area contributed by atoms with Crippen LogP contribution in [0.1, 0.15) is 37.1 Å². The van der Waals surface area contributed by atoms with Gasteiger partial charge in [0.1, 0.15) is 12.4 Å². The van der Waals surface area contributed by atoms with Crippen molar-refractivity contribution in [3.63, 3.8) is 0 Å². The average Bonchev–Trinajstić information content (AvgIpc) is 3.51. The van der Waals surface area contributed by atoms with Crippen molar-refractivity contribution < 1.29 is 19.0 Å². The van der Waals surface area contributed by atoms with E-state index in [1.54, 1.807) is 13.4 Å². The summed E-state index contributed by atoms with van der Waals surface area (Å²) in [5, 5.41) is 15.8. The van der Waals surface area contributed by atoms with Gasteiger partial charge in [-0.25, -0.2) is 4.99 Å². The Balaban J connectivity index is 1.65. The average molecular weight is 431 g/mol. The van der Waals surface area contributed by atoms with Crippen LogP contribution in [0.5, 0.6) is 11.5 Å². The molecule has 2 heterocycles. The maximum atomic E-state index is 8.95. The maximum absolute atomic E-state index is 8.95. The summed E-state index contributed by atoms with van der Waals surface area (Å²) in [5.41, 5.74) is 1.01. The molecule has 1 aliphatic heterocycles. The van der Waals surface area contributed by atoms with Gasteiger partial charge in [-0.1, -0.05) is 6.07 Å². The van der Waals surface area contributed by atoms with Gasteiger partial charge in [0.15, 0.2) is 17.5 Å². The number of methoxy groups -OCH3 is 1. The number of guanidine groups is 1. The monoisotopic (exact) mass is 430 g/mol. The Morgan fingerprint density at radius 2 is 2.06 bits per heavy atom. The van der Waals surface area contributed by atoms with Gasteiger partial charge >= 0.3 is 0 Å². The van der Waals surface area contributed by atoms with Crippen molar-refractivity contribution >= 4 is 5.96 Å². The molecule has 0 radical (unpaired) electrons. The number of ether oxygens (including phenoxy) is 2. The van der Waals surface area contributed by atoms with Crippen molar-refractivity contribution in [1.82, 2.24) is 15.5 Å². The summed E-state index contributed by atoms with van der Waals surface area (Å²) in [6.45, 7) is 6.42. The molecule has 1 atom stereocenters. The van der Waals surface area contributed by atoms with Gasteiger partial charge < -0.3 is 29.6 Å². The molecule has 1 aromatic heterocycles. The number of aliphatic imine (C=N–C) groups is 1. The predicted molar refractivity (Wildman–Crippen MR) is 121 cm³/mol. The molecule has 2 aromatic rings. The smallest absolute Gasteiger partial charge is 0.191 e. The van der Waals surface area contributed by atoms with Crippen molar-refractivity contribution in [2.45, 2.75) is 32.4 Å². The zero-order valence-electron chi connectivity index (χ0n) is 18.5. The van der Waals surface area contributed by atoms with Crippen LogP contribution in [0, 0.1) is 0 Å². The summed E-state index contributed by atoms with van der Waals surface area (Å²) in [4.78, 5) is 7.20. The van der Waals surface area contributed by atoms with Gasteiger partial charge in [-0.3, -0.25) is 4.90 Å². The molecule has 0 amide bonds. The van der Waals surface area contributed by atoms with E-state index in [0.717, 1.165) is 43.5 Å². The predicted octanol–water partition coefficient (Wildman–Crippen LogP) is 2.55. The van der Waals surface area contributed by atoms with E-state index in [0.29, 0.717) is 18.0 Å². The Kier molecular flexibility index (Phi) is 9.05. The molecule has 0 spiro atoms. The van der Waals surface area contributed by atoms with Gasteiger partial charge in [-0.15, -0.1) is 0 Å². The number of hydrogen-bond donors (Lipinski definition) is 3. The third-order valence-electron chi connectivity index (χ3n) is 5.26. The lowest BCUT2D eigenvalue weighted by Crippen LogP contribution is -2.42. The van der Waals surface area contributed by atoms with Crippen LogP contribution in [0.15, 0.2) is 46.0 Å². The fourth-order valence-corrected chi connectivity index (χ4v) is 3.73. The summed E-state index contributed by atoms with van der Waals surface area (Å²) in [6, 6.07) is 9.89. The molecule has 1 unspecified atom stereocenters. The van der Waals surface area contributed by atoms with Crippen molar-refractivity contribution in [2.75, 3.05) is 46.5 Å². The molecule has 0 bridgehead atoms. The van der Waals surface area contributed by atoms with Crippen LogP contribution in [0.2, 0.25) is 0 Å². The number of aliphatic hydroxyl groups is 1. The highest BCUT2D eigenvalue weighted by molar-refractivity contribution is 5.79. The summed E-state index contributed by atoms with van der Waals surface area (Å²) in [7, 11) is 1.60. The number of aliphatic hydroxyl groups excluding tert-OH is 1. The third kappa shape index (κ3) is 6.63. The van der Waals surface area contributed by atoms with Crippen LogP contribution in [0.3, 0.4) is 0 Å². The standard InChI is InChI=1S/C23H34N4O4/c1-3-24-23(25-16-18-8-9-21(31-14-12-28)22(15-18)29-2)26-17-19(20-7-6-13-30-20)27-10-4-5-11-27/h6-9,13,15,19,28H,3-5,10-12,14,16-17H2,1-2H3,(H2,24,25,26). The normalized spacial score (nSPS) is 15.6. The molecule has 3 rings (SSSR count). The van der Waals surface area contributed by atoms with E-state index in [4.69, 9.17) is 24.0 Å². The van der Waals surface area contributed by atoms with Crippen molar-refractivity contribution in [1.29, 1.82) is 0 Å². The highest BCUT2D eigenvalue weighted by Crippen LogP contribution is 2.28. The van der Waals surface area contributed by atoms with Gasteiger partial charge in [-0.05, 0) is 62.7 Å². The first-order valence-electron chi connectivity index (χ1n) is 10.9. The topological polar surface area (TPSA) is 91.5 Å². The zero-order chi connectivity index (χ0) is 21.9. The van der Waals surface area contributed by atoms with E-state index in [9.17, 15) is 0 Å². The largest absolute Gasteiger partial charge is 0.493 e. The van der Waals surface area contributed by atoms with E-state index in [-0.39, 0.29) is 19.3 Å². The highest BCUT2D eigenvalue weighted by atomic mass is 16.5. The number of furan rings is 1. The van der Waals surface area contributed by atoms with Crippen molar-refractivity contribution in [2.24, 2.45) is 4.99 Å². The van der Waals surface area contributed by atoms with Crippen molar-refractivity contribution in [3.05, 3.63) is 47.9 Å². The van der Waals surface area contributed by atoms with Crippen LogP contribution in [-0.2, 0) is 6.54 Å². The molecule has 1 fully saturated rings. The summed E-state index contributed by atoms with van der Waals surface area (Å²) >= 11 is 0. The van der Waals surface area contributed by atoms with E-state index < -0.39 is 0 Å². The minimum atomic E-state index is -0.0383. The minimum Gasteiger partial charge on any atom is -0.493 e. The van der Waals surface area contributed by atoms with Gasteiger partial charge in [0.2, 0.25) is 0 Å². The van der Waals surface area contributed by atoms with Crippen LogP contribution in [0.25, 0.3) is 0 Å². The molecule has 3 N–H and O–H groups in total. The van der Waals surface area contributed by atoms with E-state index in [2.05, 4.69) is 22.5 Å². The number of hydrogen-bond acceptors (Lipinski definition) is 6. The lowest BCUT2D eigenvalue weighted by molar-refractivity contribution is 0.196. The Bertz CT molecular complexity index is 804. The van der Waals surface area contributed by atoms with Crippen LogP contribution in [0.4, 0.5) is 0 Å². The Labute approximate surface area is 184 Å². The fourth-order valence-electron chi connectivity index (χ4n) is 3.73. The van der Waals surface area contributed by atoms with Gasteiger partial charge in [0.25, 0.3) is 0 Å². The molecule has 1 aromatic carbocycles. The summed E-state index contributed by atoms with van der Waals surface area (Å²) in [6.07, 6.45) is 4.19. The van der Waals surface area contributed by atoms with E-state index in [1.165, 1.54) is 12.8 Å². The molecular weight excluding hydrogens is 396 g/mol. The Morgan fingerprint density at radius 1 is 1.23 bits per heavy atom. The van der Waals surface area contributed by atoms with E-state index in [1.807, 2.05) is 30.3 Å². The fraction of sp³-hybridized carbons (Fsp3) is 0.522. The van der Waals surface area contributed by atoms with Gasteiger partial charge in [0.05, 0.1) is 32.6 Å². The number of likely N-dealkylation sites (tertiary alicyclic amines) is 1. The Morgan fingerprint density at radius 3 is 2.74 bits per heavy atom. The molecule has 8 heteroatoms. The second-order valence-corrected chi connectivity index (χ2v) is 7.41. The van der Waals surface area contributed by atoms with E-state index >= 15 is 0 Å². The van der Waals surface area contributed by atoms with Gasteiger partial charge in [-0.2, -0.15) is 0 Å². The second kappa shape index (κ2) is 12.2. The first kappa shape index (κ1) is 23.0. The van der Waals surface area contributed by atoms with Crippen LogP contribution in [-0.4, -0.2) is 62.5 Å². The molecule has 1 saturated heterocycles. The first-order chi connectivity index (χ1) is 15.2. The summed E-state index contributed by atoms with van der Waals surface area (Å²) < 4.78 is 16.6. The van der Waals surface area contributed by atoms with Crippen LogP contribution >= 0.6 is 0 Å². The van der Waals surface area contributed by atoms with Crippen molar-refractivity contribution in [3.8, 4) is 11.5 Å². The molecule has 31 heavy (non-hydrogen) atoms. The molecule has 0 saturated carbocycles. The molecular formula is C23H34N4O4. The number of benzene rings is 1. The SMILES string of the molecule is CCNC(=NCc1ccc(OCCO)c(OC)c1)NCC(c1ccco1)N1CCCC1. The quantitative estimate of drug-likeness (QED) is 0.373. The third-order valence-corrected chi connectivity index (χ3v) is 5.26. The zero-order valence-corrected chi connectivity index (χ0v) is 18.5. The number of nitrogens with one attached hydrogen (secondary N) is 2. The lowest BCUT2D eigenvalue weighted by atomic mass is 10.2. The Hall–Kier alpha value is -2.71. The molecule has 8 nitrogen and oxygen atoms in total. The van der Waals surface area contributed by atoms with Gasteiger partial charge in [0, 0.05) is 13.1 Å². The first-order valence-corrected chi connectivity index (χ1v) is 10.9. The molecule has 0 aliphatic carbocycles. The molecule has 1 aliphatic rings. The highest BCUT2D eigenvalue weighted by Gasteiger charge is 2.25.